The third-order valence-corrected chi connectivity index (χ3v) is 11.7. The fourth-order valence-corrected chi connectivity index (χ4v) is 8.81. The van der Waals surface area contributed by atoms with Crippen molar-refractivity contribution in [3.8, 4) is 55.6 Å². The highest BCUT2D eigenvalue weighted by atomic mass is 15.1. The molecule has 0 atom stereocenters. The standard InChI is InChI=1S/C55H41N/c1-55(2)52-27-10-8-25-50(52)51-34-31-42(37-53(51)55)39-29-32-45(33-30-39)56(46-22-13-19-41(36-46)38-15-4-3-5-16-38)54-28-11-9-24-49(54)44-21-12-20-43(35-44)48-26-14-18-40-17-6-7-23-47(40)48/h3-37H,1-2H3. The molecule has 0 saturated carbocycles. The van der Waals surface area contributed by atoms with Crippen molar-refractivity contribution < 1.29 is 0 Å². The van der Waals surface area contributed by atoms with Crippen LogP contribution in [-0.2, 0) is 5.41 Å². The first-order valence-corrected chi connectivity index (χ1v) is 19.5. The lowest BCUT2D eigenvalue weighted by molar-refractivity contribution is 0.660. The molecule has 0 aromatic heterocycles. The lowest BCUT2D eigenvalue weighted by Gasteiger charge is -2.28. The normalized spacial score (nSPS) is 12.6. The SMILES string of the molecule is CC1(C)c2ccccc2-c2ccc(-c3ccc(N(c4cccc(-c5ccccc5)c4)c4ccccc4-c4cccc(-c5cccc6ccccc56)c4)cc3)cc21. The van der Waals surface area contributed by atoms with Crippen molar-refractivity contribution in [3.05, 3.63) is 223 Å². The molecule has 0 heterocycles. The average Bonchev–Trinajstić information content (AvgIpc) is 3.49. The van der Waals surface area contributed by atoms with Crippen molar-refractivity contribution in [1.82, 2.24) is 0 Å². The molecule has 10 rings (SSSR count). The Morgan fingerprint density at radius 2 is 0.875 bits per heavy atom. The molecule has 1 nitrogen and oxygen atoms in total. The van der Waals surface area contributed by atoms with Crippen molar-refractivity contribution in [2.45, 2.75) is 19.3 Å². The number of anilines is 3. The average molecular weight is 716 g/mol. The van der Waals surface area contributed by atoms with Gasteiger partial charge in [-0.2, -0.15) is 0 Å². The van der Waals surface area contributed by atoms with Crippen LogP contribution in [0.25, 0.3) is 66.4 Å². The maximum atomic E-state index is 2.42. The number of rotatable bonds is 7. The second kappa shape index (κ2) is 13.7. The van der Waals surface area contributed by atoms with Gasteiger partial charge in [-0.3, -0.25) is 0 Å². The predicted molar refractivity (Wildman–Crippen MR) is 238 cm³/mol. The van der Waals surface area contributed by atoms with E-state index in [2.05, 4.69) is 231 Å². The summed E-state index contributed by atoms with van der Waals surface area (Å²) in [5.41, 5.74) is 18.4. The molecule has 1 heteroatoms. The van der Waals surface area contributed by atoms with Gasteiger partial charge in [0.1, 0.15) is 0 Å². The van der Waals surface area contributed by atoms with Crippen LogP contribution in [0.3, 0.4) is 0 Å². The zero-order valence-electron chi connectivity index (χ0n) is 31.7. The maximum absolute atomic E-state index is 2.42. The summed E-state index contributed by atoms with van der Waals surface area (Å²) in [7, 11) is 0. The van der Waals surface area contributed by atoms with Gasteiger partial charge in [-0.25, -0.2) is 0 Å². The Morgan fingerprint density at radius 1 is 0.321 bits per heavy atom. The van der Waals surface area contributed by atoms with Crippen LogP contribution < -0.4 is 4.90 Å². The Balaban J connectivity index is 1.09. The van der Waals surface area contributed by atoms with Gasteiger partial charge in [-0.1, -0.05) is 184 Å². The summed E-state index contributed by atoms with van der Waals surface area (Å²) >= 11 is 0. The van der Waals surface area contributed by atoms with E-state index in [-0.39, 0.29) is 5.41 Å². The van der Waals surface area contributed by atoms with Crippen LogP contribution in [0.2, 0.25) is 0 Å². The first kappa shape index (κ1) is 33.6. The highest BCUT2D eigenvalue weighted by molar-refractivity contribution is 5.98. The third-order valence-electron chi connectivity index (χ3n) is 11.7. The topological polar surface area (TPSA) is 3.24 Å². The van der Waals surface area contributed by atoms with E-state index >= 15 is 0 Å². The Bertz CT molecular complexity index is 2880. The van der Waals surface area contributed by atoms with Crippen LogP contribution >= 0.6 is 0 Å². The molecule has 1 aliphatic rings. The molecule has 0 fully saturated rings. The summed E-state index contributed by atoms with van der Waals surface area (Å²) in [4.78, 5) is 2.42. The molecule has 0 aliphatic heterocycles. The summed E-state index contributed by atoms with van der Waals surface area (Å²) in [5.74, 6) is 0. The van der Waals surface area contributed by atoms with Crippen molar-refractivity contribution in [3.63, 3.8) is 0 Å². The second-order valence-electron chi connectivity index (χ2n) is 15.4. The molecule has 0 unspecified atom stereocenters. The minimum atomic E-state index is -0.0446. The van der Waals surface area contributed by atoms with Crippen LogP contribution in [0.4, 0.5) is 17.1 Å². The molecule has 0 radical (unpaired) electrons. The molecule has 56 heavy (non-hydrogen) atoms. The van der Waals surface area contributed by atoms with Gasteiger partial charge in [-0.15, -0.1) is 0 Å². The lowest BCUT2D eigenvalue weighted by Crippen LogP contribution is -2.14. The van der Waals surface area contributed by atoms with Crippen LogP contribution in [0, 0.1) is 0 Å². The van der Waals surface area contributed by atoms with Gasteiger partial charge in [0, 0.05) is 22.4 Å². The Labute approximate surface area is 329 Å². The summed E-state index contributed by atoms with van der Waals surface area (Å²) in [6, 6.07) is 77.6. The maximum Gasteiger partial charge on any atom is 0.0540 e. The summed E-state index contributed by atoms with van der Waals surface area (Å²) in [5, 5.41) is 2.51. The molecular formula is C55H41N. The highest BCUT2D eigenvalue weighted by Crippen LogP contribution is 2.50. The van der Waals surface area contributed by atoms with Crippen LogP contribution in [0.1, 0.15) is 25.0 Å². The van der Waals surface area contributed by atoms with Gasteiger partial charge in [0.05, 0.1) is 5.69 Å². The lowest BCUT2D eigenvalue weighted by atomic mass is 9.81. The van der Waals surface area contributed by atoms with E-state index in [4.69, 9.17) is 0 Å². The molecule has 1 aliphatic carbocycles. The molecule has 9 aromatic rings. The Morgan fingerprint density at radius 3 is 1.73 bits per heavy atom. The molecule has 9 aromatic carbocycles. The van der Waals surface area contributed by atoms with Gasteiger partial charge in [0.25, 0.3) is 0 Å². The molecule has 266 valence electrons. The van der Waals surface area contributed by atoms with E-state index in [0.29, 0.717) is 0 Å². The minimum Gasteiger partial charge on any atom is -0.310 e. The number of hydrogen-bond acceptors (Lipinski definition) is 1. The second-order valence-corrected chi connectivity index (χ2v) is 15.4. The fourth-order valence-electron chi connectivity index (χ4n) is 8.81. The molecule has 0 amide bonds. The number of hydrogen-bond donors (Lipinski definition) is 0. The first-order chi connectivity index (χ1) is 27.5. The fraction of sp³-hybridized carbons (Fsp3) is 0.0545. The largest absolute Gasteiger partial charge is 0.310 e. The van der Waals surface area contributed by atoms with E-state index in [9.17, 15) is 0 Å². The third kappa shape index (κ3) is 5.81. The highest BCUT2D eigenvalue weighted by Gasteiger charge is 2.35. The van der Waals surface area contributed by atoms with Crippen LogP contribution in [0.5, 0.6) is 0 Å². The van der Waals surface area contributed by atoms with Gasteiger partial charge >= 0.3 is 0 Å². The summed E-state index contributed by atoms with van der Waals surface area (Å²) in [6.45, 7) is 4.70. The predicted octanol–water partition coefficient (Wildman–Crippen LogP) is 15.3. The number of nitrogens with zero attached hydrogens (tertiary/aromatic N) is 1. The number of benzene rings is 9. The van der Waals surface area contributed by atoms with Crippen molar-refractivity contribution in [2.24, 2.45) is 0 Å². The number of para-hydroxylation sites is 1. The zero-order chi connectivity index (χ0) is 37.6. The zero-order valence-corrected chi connectivity index (χ0v) is 31.7. The molecule has 0 saturated heterocycles. The van der Waals surface area contributed by atoms with E-state index in [0.717, 1.165) is 17.1 Å². The quantitative estimate of drug-likeness (QED) is 0.159. The molecule has 0 spiro atoms. The van der Waals surface area contributed by atoms with E-state index in [1.807, 2.05) is 0 Å². The van der Waals surface area contributed by atoms with Crippen LogP contribution in [-0.4, -0.2) is 0 Å². The van der Waals surface area contributed by atoms with E-state index in [1.165, 1.54) is 77.5 Å². The van der Waals surface area contributed by atoms with E-state index in [1.54, 1.807) is 0 Å². The molecule has 0 bridgehead atoms. The van der Waals surface area contributed by atoms with Gasteiger partial charge in [-0.05, 0) is 114 Å². The smallest absolute Gasteiger partial charge is 0.0540 e. The van der Waals surface area contributed by atoms with Gasteiger partial charge in [0.15, 0.2) is 0 Å². The Kier molecular flexibility index (Phi) is 8.23. The molecular weight excluding hydrogens is 675 g/mol. The van der Waals surface area contributed by atoms with Gasteiger partial charge in [0.2, 0.25) is 0 Å². The van der Waals surface area contributed by atoms with Gasteiger partial charge < -0.3 is 4.90 Å². The molecule has 0 N–H and O–H groups in total. The number of fused-ring (bicyclic) bond motifs is 4. The summed E-state index contributed by atoms with van der Waals surface area (Å²) in [6.07, 6.45) is 0. The van der Waals surface area contributed by atoms with Crippen molar-refractivity contribution >= 4 is 27.8 Å². The summed E-state index contributed by atoms with van der Waals surface area (Å²) < 4.78 is 0. The monoisotopic (exact) mass is 715 g/mol. The van der Waals surface area contributed by atoms with Crippen LogP contribution in [0.15, 0.2) is 212 Å². The Hall–Kier alpha value is -6.96. The van der Waals surface area contributed by atoms with E-state index < -0.39 is 0 Å². The van der Waals surface area contributed by atoms with Crippen molar-refractivity contribution in [1.29, 1.82) is 0 Å². The first-order valence-electron chi connectivity index (χ1n) is 19.5. The van der Waals surface area contributed by atoms with Crippen molar-refractivity contribution in [2.75, 3.05) is 4.90 Å². The minimum absolute atomic E-state index is 0.0446.